The molecule has 184 valence electrons. The van der Waals surface area contributed by atoms with Crippen LogP contribution in [0.1, 0.15) is 32.8 Å². The molecule has 0 aliphatic carbocycles. The third-order valence-electron chi connectivity index (χ3n) is 4.47. The second-order valence-electron chi connectivity index (χ2n) is 8.43. The number of phenols is 1. The summed E-state index contributed by atoms with van der Waals surface area (Å²) < 4.78 is 5.39. The predicted molar refractivity (Wildman–Crippen MR) is 125 cm³/mol. The van der Waals surface area contributed by atoms with E-state index in [0.717, 1.165) is 4.90 Å². The molecule has 11 heteroatoms. The maximum absolute atomic E-state index is 13.2. The van der Waals surface area contributed by atoms with Gasteiger partial charge in [-0.15, -0.1) is 0 Å². The summed E-state index contributed by atoms with van der Waals surface area (Å²) in [4.78, 5) is 50.3. The number of carbonyl (C=O) groups excluding carboxylic acids is 3. The zero-order valence-corrected chi connectivity index (χ0v) is 20.4. The Kier molecular flexibility index (Phi) is 11.0. The van der Waals surface area contributed by atoms with Gasteiger partial charge in [-0.25, -0.2) is 4.79 Å². The smallest absolute Gasteiger partial charge is 0.410 e. The highest BCUT2D eigenvalue weighted by atomic mass is 32.2. The number of aromatic hydroxyl groups is 1. The molecule has 0 radical (unpaired) electrons. The summed E-state index contributed by atoms with van der Waals surface area (Å²) in [5, 5.41) is 23.3. The van der Waals surface area contributed by atoms with E-state index >= 15 is 0 Å². The first-order valence-electron chi connectivity index (χ1n) is 10.4. The number of carboxylic acid groups (broad SMARTS) is 1. The van der Waals surface area contributed by atoms with Crippen LogP contribution in [0.2, 0.25) is 0 Å². The topological polar surface area (TPSA) is 145 Å². The van der Waals surface area contributed by atoms with Crippen molar-refractivity contribution in [1.29, 1.82) is 0 Å². The van der Waals surface area contributed by atoms with Gasteiger partial charge in [0, 0.05) is 13.5 Å². The number of ether oxygens (including phenoxy) is 1. The van der Waals surface area contributed by atoms with Gasteiger partial charge >= 0.3 is 12.1 Å². The van der Waals surface area contributed by atoms with Gasteiger partial charge in [0.1, 0.15) is 30.0 Å². The first-order valence-corrected chi connectivity index (χ1v) is 11.8. The maximum Gasteiger partial charge on any atom is 0.410 e. The summed E-state index contributed by atoms with van der Waals surface area (Å²) in [5.41, 5.74) is -0.0953. The molecule has 1 aromatic rings. The van der Waals surface area contributed by atoms with Crippen molar-refractivity contribution in [3.63, 3.8) is 0 Å². The molecule has 10 nitrogen and oxygen atoms in total. The van der Waals surface area contributed by atoms with Crippen molar-refractivity contribution in [3.05, 3.63) is 29.8 Å². The average molecular weight is 484 g/mol. The second kappa shape index (κ2) is 12.9. The molecule has 0 aliphatic rings. The molecule has 0 aliphatic heterocycles. The number of benzene rings is 1. The lowest BCUT2D eigenvalue weighted by Crippen LogP contribution is -2.55. The standard InChI is InChI=1S/C22H33N3O7S/c1-22(2,3)32-21(31)25(4)17(12-14-6-8-15(26)9-7-14)20(30)24-16(10-11-33-5)19(29)23-13-18(27)28/h6-9,16-17,26H,10-13H2,1-5H3,(H,23,29)(H,24,30)(H,27,28)/t16-,17+/m1/s1. The van der Waals surface area contributed by atoms with Gasteiger partial charge in [-0.1, -0.05) is 12.1 Å². The van der Waals surface area contributed by atoms with Crippen molar-refractivity contribution in [3.8, 4) is 5.75 Å². The molecule has 0 fully saturated rings. The van der Waals surface area contributed by atoms with Crippen LogP contribution in [-0.4, -0.2) is 82.3 Å². The highest BCUT2D eigenvalue weighted by Crippen LogP contribution is 2.16. The Bertz CT molecular complexity index is 824. The number of likely N-dealkylation sites (N-methyl/N-ethyl adjacent to an activating group) is 1. The third-order valence-corrected chi connectivity index (χ3v) is 5.12. The van der Waals surface area contributed by atoms with Gasteiger partial charge < -0.3 is 25.6 Å². The lowest BCUT2D eigenvalue weighted by molar-refractivity contribution is -0.138. The number of aliphatic carboxylic acids is 1. The molecular weight excluding hydrogens is 450 g/mol. The molecule has 1 rings (SSSR count). The van der Waals surface area contributed by atoms with Crippen molar-refractivity contribution in [2.45, 2.75) is 51.3 Å². The second-order valence-corrected chi connectivity index (χ2v) is 9.42. The monoisotopic (exact) mass is 483 g/mol. The highest BCUT2D eigenvalue weighted by Gasteiger charge is 2.33. The maximum atomic E-state index is 13.2. The Labute approximate surface area is 198 Å². The number of rotatable bonds is 11. The van der Waals surface area contributed by atoms with Crippen molar-refractivity contribution in [2.24, 2.45) is 0 Å². The fourth-order valence-electron chi connectivity index (χ4n) is 2.78. The molecule has 0 saturated heterocycles. The van der Waals surface area contributed by atoms with Crippen LogP contribution in [-0.2, 0) is 25.5 Å². The van der Waals surface area contributed by atoms with Crippen LogP contribution in [0.25, 0.3) is 0 Å². The van der Waals surface area contributed by atoms with Gasteiger partial charge in [0.2, 0.25) is 11.8 Å². The van der Waals surface area contributed by atoms with E-state index < -0.39 is 48.1 Å². The Morgan fingerprint density at radius 1 is 1.12 bits per heavy atom. The Morgan fingerprint density at radius 3 is 2.24 bits per heavy atom. The van der Waals surface area contributed by atoms with Gasteiger partial charge in [0.25, 0.3) is 0 Å². The minimum absolute atomic E-state index is 0.0625. The number of nitrogens with zero attached hydrogens (tertiary/aromatic N) is 1. The minimum Gasteiger partial charge on any atom is -0.508 e. The summed E-state index contributed by atoms with van der Waals surface area (Å²) in [6, 6.07) is 4.20. The Morgan fingerprint density at radius 2 is 1.73 bits per heavy atom. The van der Waals surface area contributed by atoms with Gasteiger partial charge in [-0.2, -0.15) is 11.8 Å². The number of amides is 3. The lowest BCUT2D eigenvalue weighted by atomic mass is 10.0. The van der Waals surface area contributed by atoms with Crippen LogP contribution in [0.3, 0.4) is 0 Å². The zero-order chi connectivity index (χ0) is 25.2. The highest BCUT2D eigenvalue weighted by molar-refractivity contribution is 7.98. The van der Waals surface area contributed by atoms with E-state index in [1.807, 2.05) is 6.26 Å². The third kappa shape index (κ3) is 10.5. The van der Waals surface area contributed by atoms with E-state index in [0.29, 0.717) is 11.3 Å². The zero-order valence-electron chi connectivity index (χ0n) is 19.6. The van der Waals surface area contributed by atoms with E-state index in [1.54, 1.807) is 32.9 Å². The first-order chi connectivity index (χ1) is 15.3. The van der Waals surface area contributed by atoms with E-state index in [2.05, 4.69) is 10.6 Å². The minimum atomic E-state index is -1.20. The number of hydrogen-bond acceptors (Lipinski definition) is 7. The van der Waals surface area contributed by atoms with Crippen LogP contribution in [0.5, 0.6) is 5.75 Å². The van der Waals surface area contributed by atoms with Crippen molar-refractivity contribution in [1.82, 2.24) is 15.5 Å². The predicted octanol–water partition coefficient (Wildman–Crippen LogP) is 1.61. The summed E-state index contributed by atoms with van der Waals surface area (Å²) in [6.07, 6.45) is 1.52. The number of phenolic OH excluding ortho intramolecular Hbond substituents is 1. The quantitative estimate of drug-likeness (QED) is 0.371. The van der Waals surface area contributed by atoms with E-state index in [9.17, 15) is 24.3 Å². The van der Waals surface area contributed by atoms with Crippen LogP contribution in [0.15, 0.2) is 24.3 Å². The molecule has 1 aromatic carbocycles. The van der Waals surface area contributed by atoms with Gasteiger partial charge in [-0.05, 0) is 56.9 Å². The fraction of sp³-hybridized carbons (Fsp3) is 0.545. The number of nitrogens with one attached hydrogen (secondary N) is 2. The Hall–Kier alpha value is -2.95. The molecule has 3 amide bonds. The SMILES string of the molecule is CSCC[C@@H](NC(=O)[C@H](Cc1ccc(O)cc1)N(C)C(=O)OC(C)(C)C)C(=O)NCC(=O)O. The van der Waals surface area contributed by atoms with E-state index in [1.165, 1.54) is 30.9 Å². The van der Waals surface area contributed by atoms with Crippen LogP contribution >= 0.6 is 11.8 Å². The summed E-state index contributed by atoms with van der Waals surface area (Å²) in [6.45, 7) is 4.55. The summed E-state index contributed by atoms with van der Waals surface area (Å²) in [7, 11) is 1.43. The first kappa shape index (κ1) is 28.1. The summed E-state index contributed by atoms with van der Waals surface area (Å²) >= 11 is 1.47. The van der Waals surface area contributed by atoms with Crippen LogP contribution < -0.4 is 10.6 Å². The summed E-state index contributed by atoms with van der Waals surface area (Å²) in [5.74, 6) is -1.80. The molecule has 33 heavy (non-hydrogen) atoms. The molecule has 0 heterocycles. The van der Waals surface area contributed by atoms with Crippen molar-refractivity contribution in [2.75, 3.05) is 25.6 Å². The largest absolute Gasteiger partial charge is 0.508 e. The van der Waals surface area contributed by atoms with E-state index in [-0.39, 0.29) is 18.6 Å². The molecule has 0 saturated carbocycles. The molecule has 0 spiro atoms. The van der Waals surface area contributed by atoms with E-state index in [4.69, 9.17) is 9.84 Å². The molecule has 0 bridgehead atoms. The fourth-order valence-corrected chi connectivity index (χ4v) is 3.25. The molecule has 0 unspecified atom stereocenters. The molecular formula is C22H33N3O7S. The van der Waals surface area contributed by atoms with Gasteiger partial charge in [-0.3, -0.25) is 19.3 Å². The van der Waals surface area contributed by atoms with Crippen molar-refractivity contribution < 1.29 is 34.1 Å². The normalized spacial score (nSPS) is 12.9. The number of carbonyl (C=O) groups is 4. The number of hydrogen-bond donors (Lipinski definition) is 4. The van der Waals surface area contributed by atoms with Crippen molar-refractivity contribution >= 4 is 35.6 Å². The Balaban J connectivity index is 3.12. The number of carboxylic acids is 1. The van der Waals surface area contributed by atoms with Gasteiger partial charge in [0.05, 0.1) is 0 Å². The van der Waals surface area contributed by atoms with Crippen LogP contribution in [0, 0.1) is 0 Å². The lowest BCUT2D eigenvalue weighted by Gasteiger charge is -2.31. The molecule has 2 atom stereocenters. The van der Waals surface area contributed by atoms with Gasteiger partial charge in [0.15, 0.2) is 0 Å². The molecule has 0 aromatic heterocycles. The number of thioether (sulfide) groups is 1. The molecule has 4 N–H and O–H groups in total. The van der Waals surface area contributed by atoms with Crippen LogP contribution in [0.4, 0.5) is 4.79 Å². The average Bonchev–Trinajstić information content (AvgIpc) is 2.72.